The molecule has 0 aliphatic rings. The highest BCUT2D eigenvalue weighted by Crippen LogP contribution is 2.17. The molecular formula is C8H9ClN4. The normalized spacial score (nSPS) is 11.4. The van der Waals surface area contributed by atoms with E-state index in [4.69, 9.17) is 11.6 Å². The number of aromatic nitrogens is 4. The second-order valence-electron chi connectivity index (χ2n) is 3.14. The minimum atomic E-state index is 0.301. The van der Waals surface area contributed by atoms with Crippen LogP contribution >= 0.6 is 11.6 Å². The van der Waals surface area contributed by atoms with Gasteiger partial charge in [-0.15, -0.1) is 10.2 Å². The molecule has 0 fully saturated rings. The van der Waals surface area contributed by atoms with E-state index in [1.807, 2.05) is 13.8 Å². The molecule has 2 aromatic heterocycles. The Morgan fingerprint density at radius 1 is 1.31 bits per heavy atom. The van der Waals surface area contributed by atoms with Gasteiger partial charge < -0.3 is 0 Å². The molecule has 0 aromatic carbocycles. The summed E-state index contributed by atoms with van der Waals surface area (Å²) in [6.45, 7) is 4.10. The predicted molar refractivity (Wildman–Crippen MR) is 49.9 cm³/mol. The summed E-state index contributed by atoms with van der Waals surface area (Å²) in [6, 6.07) is 0. The molecular weight excluding hydrogens is 188 g/mol. The van der Waals surface area contributed by atoms with Crippen molar-refractivity contribution in [3.05, 3.63) is 23.4 Å². The third-order valence-corrected chi connectivity index (χ3v) is 2.08. The van der Waals surface area contributed by atoms with Gasteiger partial charge in [-0.1, -0.05) is 25.4 Å². The van der Waals surface area contributed by atoms with Crippen LogP contribution in [0.2, 0.25) is 5.15 Å². The van der Waals surface area contributed by atoms with E-state index in [1.54, 1.807) is 16.8 Å². The Morgan fingerprint density at radius 3 is 2.77 bits per heavy atom. The SMILES string of the molecule is CC(C)c1nnc2cncc(Cl)n12. The van der Waals surface area contributed by atoms with Crippen molar-refractivity contribution in [1.82, 2.24) is 19.6 Å². The summed E-state index contributed by atoms with van der Waals surface area (Å²) < 4.78 is 1.80. The molecule has 5 heteroatoms. The third kappa shape index (κ3) is 1.27. The smallest absolute Gasteiger partial charge is 0.180 e. The van der Waals surface area contributed by atoms with E-state index >= 15 is 0 Å². The molecule has 0 bridgehead atoms. The Labute approximate surface area is 80.6 Å². The first-order valence-electron chi connectivity index (χ1n) is 4.04. The lowest BCUT2D eigenvalue weighted by atomic mass is 10.2. The molecule has 2 aromatic rings. The number of halogens is 1. The summed E-state index contributed by atoms with van der Waals surface area (Å²) >= 11 is 5.97. The van der Waals surface area contributed by atoms with Crippen molar-refractivity contribution < 1.29 is 0 Å². The van der Waals surface area contributed by atoms with E-state index in [9.17, 15) is 0 Å². The summed E-state index contributed by atoms with van der Waals surface area (Å²) in [4.78, 5) is 3.93. The van der Waals surface area contributed by atoms with E-state index in [-0.39, 0.29) is 0 Å². The molecule has 0 N–H and O–H groups in total. The van der Waals surface area contributed by atoms with Crippen molar-refractivity contribution in [2.24, 2.45) is 0 Å². The molecule has 13 heavy (non-hydrogen) atoms. The van der Waals surface area contributed by atoms with Crippen LogP contribution in [0.5, 0.6) is 0 Å². The fourth-order valence-corrected chi connectivity index (χ4v) is 1.44. The Balaban J connectivity index is 2.79. The fraction of sp³-hybridized carbons (Fsp3) is 0.375. The highest BCUT2D eigenvalue weighted by Gasteiger charge is 2.11. The molecule has 0 unspecified atom stereocenters. The number of fused-ring (bicyclic) bond motifs is 1. The zero-order valence-electron chi connectivity index (χ0n) is 7.40. The van der Waals surface area contributed by atoms with Gasteiger partial charge in [0.1, 0.15) is 11.0 Å². The Bertz CT molecular complexity index is 435. The van der Waals surface area contributed by atoms with Gasteiger partial charge in [-0.05, 0) is 0 Å². The van der Waals surface area contributed by atoms with Gasteiger partial charge >= 0.3 is 0 Å². The van der Waals surface area contributed by atoms with Crippen LogP contribution in [0.3, 0.4) is 0 Å². The zero-order valence-corrected chi connectivity index (χ0v) is 8.15. The topological polar surface area (TPSA) is 43.1 Å². The summed E-state index contributed by atoms with van der Waals surface area (Å²) in [7, 11) is 0. The molecule has 0 saturated carbocycles. The highest BCUT2D eigenvalue weighted by molar-refractivity contribution is 6.29. The van der Waals surface area contributed by atoms with Crippen LogP contribution in [-0.4, -0.2) is 19.6 Å². The van der Waals surface area contributed by atoms with Gasteiger partial charge in [-0.2, -0.15) is 0 Å². The van der Waals surface area contributed by atoms with Crippen LogP contribution in [0.25, 0.3) is 5.65 Å². The molecule has 68 valence electrons. The molecule has 4 nitrogen and oxygen atoms in total. The molecule has 0 saturated heterocycles. The standard InChI is InChI=1S/C8H9ClN4/c1-5(2)8-12-11-7-4-10-3-6(9)13(7)8/h3-5H,1-2H3. The molecule has 0 spiro atoms. The Morgan fingerprint density at radius 2 is 2.08 bits per heavy atom. The second-order valence-corrected chi connectivity index (χ2v) is 3.52. The van der Waals surface area contributed by atoms with Crippen molar-refractivity contribution in [3.63, 3.8) is 0 Å². The fourth-order valence-electron chi connectivity index (χ4n) is 1.21. The zero-order chi connectivity index (χ0) is 9.42. The maximum Gasteiger partial charge on any atom is 0.180 e. The van der Waals surface area contributed by atoms with Gasteiger partial charge in [-0.25, -0.2) is 0 Å². The molecule has 0 aliphatic heterocycles. The van der Waals surface area contributed by atoms with E-state index in [2.05, 4.69) is 15.2 Å². The lowest BCUT2D eigenvalue weighted by Crippen LogP contribution is -1.98. The summed E-state index contributed by atoms with van der Waals surface area (Å²) in [5, 5.41) is 8.56. The van der Waals surface area contributed by atoms with Crippen LogP contribution in [-0.2, 0) is 0 Å². The van der Waals surface area contributed by atoms with Crippen LogP contribution in [0.4, 0.5) is 0 Å². The molecule has 2 rings (SSSR count). The first-order valence-corrected chi connectivity index (χ1v) is 4.42. The van der Waals surface area contributed by atoms with Crippen molar-refractivity contribution in [2.45, 2.75) is 19.8 Å². The quantitative estimate of drug-likeness (QED) is 0.700. The van der Waals surface area contributed by atoms with Gasteiger partial charge in [0.15, 0.2) is 5.65 Å². The lowest BCUT2D eigenvalue weighted by molar-refractivity contribution is 0.758. The Hall–Kier alpha value is -1.16. The number of rotatable bonds is 1. The molecule has 0 atom stereocenters. The number of hydrogen-bond acceptors (Lipinski definition) is 3. The van der Waals surface area contributed by atoms with Gasteiger partial charge in [-0.3, -0.25) is 9.38 Å². The van der Waals surface area contributed by atoms with E-state index in [0.29, 0.717) is 16.7 Å². The summed E-state index contributed by atoms with van der Waals surface area (Å²) in [5.41, 5.74) is 0.691. The highest BCUT2D eigenvalue weighted by atomic mass is 35.5. The van der Waals surface area contributed by atoms with Gasteiger partial charge in [0.25, 0.3) is 0 Å². The minimum absolute atomic E-state index is 0.301. The van der Waals surface area contributed by atoms with Crippen molar-refractivity contribution in [3.8, 4) is 0 Å². The second kappa shape index (κ2) is 2.96. The van der Waals surface area contributed by atoms with Crippen LogP contribution in [0, 0.1) is 0 Å². The maximum atomic E-state index is 5.97. The average Bonchev–Trinajstić information content (AvgIpc) is 2.49. The first-order chi connectivity index (χ1) is 6.20. The number of nitrogens with zero attached hydrogens (tertiary/aromatic N) is 4. The van der Waals surface area contributed by atoms with Gasteiger partial charge in [0.2, 0.25) is 0 Å². The van der Waals surface area contributed by atoms with Crippen LogP contribution in [0.1, 0.15) is 25.6 Å². The largest absolute Gasteiger partial charge is 0.266 e. The van der Waals surface area contributed by atoms with Gasteiger partial charge in [0, 0.05) is 5.92 Å². The summed E-state index contributed by atoms with van der Waals surface area (Å²) in [5.74, 6) is 1.16. The van der Waals surface area contributed by atoms with Crippen molar-refractivity contribution in [1.29, 1.82) is 0 Å². The first kappa shape index (κ1) is 8.44. The van der Waals surface area contributed by atoms with E-state index in [1.165, 1.54) is 0 Å². The maximum absolute atomic E-state index is 5.97. The van der Waals surface area contributed by atoms with Crippen LogP contribution in [0.15, 0.2) is 12.4 Å². The molecule has 0 aliphatic carbocycles. The third-order valence-electron chi connectivity index (χ3n) is 1.81. The monoisotopic (exact) mass is 196 g/mol. The average molecular weight is 197 g/mol. The van der Waals surface area contributed by atoms with Crippen molar-refractivity contribution in [2.75, 3.05) is 0 Å². The predicted octanol–water partition coefficient (Wildman–Crippen LogP) is 1.90. The molecule has 2 heterocycles. The summed E-state index contributed by atoms with van der Waals surface area (Å²) in [6.07, 6.45) is 3.23. The van der Waals surface area contributed by atoms with E-state index < -0.39 is 0 Å². The lowest BCUT2D eigenvalue weighted by Gasteiger charge is -2.03. The van der Waals surface area contributed by atoms with Crippen molar-refractivity contribution >= 4 is 17.2 Å². The van der Waals surface area contributed by atoms with Crippen LogP contribution < -0.4 is 0 Å². The molecule has 0 radical (unpaired) electrons. The van der Waals surface area contributed by atoms with E-state index in [0.717, 1.165) is 5.82 Å². The van der Waals surface area contributed by atoms with Gasteiger partial charge in [0.05, 0.1) is 12.4 Å². The number of hydrogen-bond donors (Lipinski definition) is 0. The molecule has 0 amide bonds. The Kier molecular flexibility index (Phi) is 1.92. The minimum Gasteiger partial charge on any atom is -0.266 e.